The van der Waals surface area contributed by atoms with E-state index in [1.54, 1.807) is 36.0 Å². The fraction of sp³-hybridized carbons (Fsp3) is 0.111. The van der Waals surface area contributed by atoms with Crippen molar-refractivity contribution in [3.8, 4) is 11.4 Å². The van der Waals surface area contributed by atoms with Crippen LogP contribution < -0.4 is 5.32 Å². The van der Waals surface area contributed by atoms with Gasteiger partial charge in [0.2, 0.25) is 11.7 Å². The van der Waals surface area contributed by atoms with Crippen molar-refractivity contribution < 1.29 is 4.79 Å². The maximum atomic E-state index is 12.3. The van der Waals surface area contributed by atoms with Gasteiger partial charge in [-0.15, -0.1) is 28.5 Å². The SMILES string of the molecule is C=CCSc1ccccc1NC(=O)Cn1nnc(-c2ccc(Cl)cc2)n1. The highest BCUT2D eigenvalue weighted by Crippen LogP contribution is 2.26. The second kappa shape index (κ2) is 8.64. The van der Waals surface area contributed by atoms with Crippen molar-refractivity contribution in [3.63, 3.8) is 0 Å². The van der Waals surface area contributed by atoms with Crippen molar-refractivity contribution in [1.29, 1.82) is 0 Å². The molecule has 0 aliphatic heterocycles. The van der Waals surface area contributed by atoms with E-state index in [-0.39, 0.29) is 12.5 Å². The summed E-state index contributed by atoms with van der Waals surface area (Å²) in [6, 6.07) is 14.7. The Morgan fingerprint density at radius 1 is 1.23 bits per heavy atom. The lowest BCUT2D eigenvalue weighted by molar-refractivity contribution is -0.117. The van der Waals surface area contributed by atoms with Crippen LogP contribution in [0.15, 0.2) is 66.1 Å². The number of thioether (sulfide) groups is 1. The number of carbonyl (C=O) groups excluding carboxylic acids is 1. The first-order chi connectivity index (χ1) is 12.7. The van der Waals surface area contributed by atoms with Gasteiger partial charge in [-0.2, -0.15) is 4.80 Å². The Morgan fingerprint density at radius 3 is 2.77 bits per heavy atom. The molecule has 0 bridgehead atoms. The predicted octanol–water partition coefficient (Wildman–Crippen LogP) is 3.91. The van der Waals surface area contributed by atoms with E-state index in [4.69, 9.17) is 11.6 Å². The van der Waals surface area contributed by atoms with Crippen molar-refractivity contribution in [3.05, 3.63) is 66.2 Å². The number of para-hydroxylation sites is 1. The molecule has 0 unspecified atom stereocenters. The zero-order valence-corrected chi connectivity index (χ0v) is 15.4. The molecule has 1 heterocycles. The van der Waals surface area contributed by atoms with Crippen LogP contribution in [-0.4, -0.2) is 31.9 Å². The van der Waals surface area contributed by atoms with Gasteiger partial charge in [-0.05, 0) is 41.6 Å². The summed E-state index contributed by atoms with van der Waals surface area (Å²) in [4.78, 5) is 14.6. The van der Waals surface area contributed by atoms with Gasteiger partial charge in [0.1, 0.15) is 6.54 Å². The number of anilines is 1. The topological polar surface area (TPSA) is 72.7 Å². The summed E-state index contributed by atoms with van der Waals surface area (Å²) in [6.07, 6.45) is 1.82. The summed E-state index contributed by atoms with van der Waals surface area (Å²) in [5, 5.41) is 15.7. The van der Waals surface area contributed by atoms with Crippen molar-refractivity contribution in [2.45, 2.75) is 11.4 Å². The Bertz CT molecular complexity index is 910. The number of benzene rings is 2. The third kappa shape index (κ3) is 4.71. The maximum absolute atomic E-state index is 12.3. The molecule has 0 saturated heterocycles. The highest BCUT2D eigenvalue weighted by molar-refractivity contribution is 7.99. The number of nitrogens with one attached hydrogen (secondary N) is 1. The minimum Gasteiger partial charge on any atom is -0.323 e. The summed E-state index contributed by atoms with van der Waals surface area (Å²) in [5.41, 5.74) is 1.54. The monoisotopic (exact) mass is 385 g/mol. The molecule has 2 aromatic carbocycles. The average Bonchev–Trinajstić information content (AvgIpc) is 3.10. The molecule has 0 radical (unpaired) electrons. The highest BCUT2D eigenvalue weighted by atomic mass is 35.5. The first kappa shape index (κ1) is 18.2. The van der Waals surface area contributed by atoms with Crippen molar-refractivity contribution in [1.82, 2.24) is 20.2 Å². The van der Waals surface area contributed by atoms with E-state index in [2.05, 4.69) is 27.3 Å². The highest BCUT2D eigenvalue weighted by Gasteiger charge is 2.11. The lowest BCUT2D eigenvalue weighted by atomic mass is 10.2. The molecule has 132 valence electrons. The van der Waals surface area contributed by atoms with Gasteiger partial charge in [0.05, 0.1) is 5.69 Å². The van der Waals surface area contributed by atoms with Crippen molar-refractivity contribution in [2.75, 3.05) is 11.1 Å². The molecule has 0 aliphatic carbocycles. The van der Waals surface area contributed by atoms with Gasteiger partial charge >= 0.3 is 0 Å². The molecule has 3 rings (SSSR count). The van der Waals surface area contributed by atoms with Crippen LogP contribution in [-0.2, 0) is 11.3 Å². The van der Waals surface area contributed by atoms with Crippen LogP contribution in [0.25, 0.3) is 11.4 Å². The van der Waals surface area contributed by atoms with Gasteiger partial charge in [0, 0.05) is 21.2 Å². The normalized spacial score (nSPS) is 10.5. The maximum Gasteiger partial charge on any atom is 0.248 e. The van der Waals surface area contributed by atoms with Crippen LogP contribution in [0.2, 0.25) is 5.02 Å². The van der Waals surface area contributed by atoms with Gasteiger partial charge in [-0.25, -0.2) is 0 Å². The Morgan fingerprint density at radius 2 is 2.00 bits per heavy atom. The minimum atomic E-state index is -0.225. The van der Waals surface area contributed by atoms with E-state index in [0.29, 0.717) is 10.8 Å². The zero-order valence-electron chi connectivity index (χ0n) is 13.8. The Balaban J connectivity index is 1.66. The van der Waals surface area contributed by atoms with Crippen LogP contribution in [0.1, 0.15) is 0 Å². The van der Waals surface area contributed by atoms with E-state index in [1.807, 2.05) is 30.3 Å². The third-order valence-corrected chi connectivity index (χ3v) is 4.68. The van der Waals surface area contributed by atoms with Crippen LogP contribution in [0.5, 0.6) is 0 Å². The number of carbonyl (C=O) groups is 1. The lowest BCUT2D eigenvalue weighted by Gasteiger charge is -2.09. The van der Waals surface area contributed by atoms with E-state index in [9.17, 15) is 4.79 Å². The molecule has 0 atom stereocenters. The van der Waals surface area contributed by atoms with Crippen molar-refractivity contribution >= 4 is 35.0 Å². The van der Waals surface area contributed by atoms with E-state index < -0.39 is 0 Å². The average molecular weight is 386 g/mol. The number of rotatable bonds is 7. The largest absolute Gasteiger partial charge is 0.323 e. The zero-order chi connectivity index (χ0) is 18.4. The molecule has 1 N–H and O–H groups in total. The molecule has 8 heteroatoms. The second-order valence-corrected chi connectivity index (χ2v) is 6.79. The minimum absolute atomic E-state index is 0.0267. The Hall–Kier alpha value is -2.64. The number of halogens is 1. The summed E-state index contributed by atoms with van der Waals surface area (Å²) >= 11 is 7.48. The molecule has 0 saturated carbocycles. The fourth-order valence-electron chi connectivity index (χ4n) is 2.19. The van der Waals surface area contributed by atoms with Gasteiger partial charge in [0.15, 0.2) is 0 Å². The predicted molar refractivity (Wildman–Crippen MR) is 104 cm³/mol. The molecule has 3 aromatic rings. The number of tetrazole rings is 1. The molecule has 26 heavy (non-hydrogen) atoms. The third-order valence-electron chi connectivity index (χ3n) is 3.36. The number of amides is 1. The summed E-state index contributed by atoms with van der Waals surface area (Å²) < 4.78 is 0. The first-order valence-electron chi connectivity index (χ1n) is 7.82. The van der Waals surface area contributed by atoms with Crippen molar-refractivity contribution in [2.24, 2.45) is 0 Å². The molecule has 6 nitrogen and oxygen atoms in total. The fourth-order valence-corrected chi connectivity index (χ4v) is 3.06. The summed E-state index contributed by atoms with van der Waals surface area (Å²) in [6.45, 7) is 3.69. The number of nitrogens with zero attached hydrogens (tertiary/aromatic N) is 4. The number of hydrogen-bond donors (Lipinski definition) is 1. The molecule has 0 spiro atoms. The van der Waals surface area contributed by atoms with Gasteiger partial charge in [-0.1, -0.05) is 29.8 Å². The van der Waals surface area contributed by atoms with Crippen LogP contribution in [0, 0.1) is 0 Å². The second-order valence-electron chi connectivity index (χ2n) is 5.29. The van der Waals surface area contributed by atoms with E-state index in [1.165, 1.54) is 4.80 Å². The number of aromatic nitrogens is 4. The smallest absolute Gasteiger partial charge is 0.248 e. The van der Waals surface area contributed by atoms with E-state index in [0.717, 1.165) is 21.9 Å². The summed E-state index contributed by atoms with van der Waals surface area (Å²) in [5.74, 6) is 0.982. The quantitative estimate of drug-likeness (QED) is 0.493. The molecular weight excluding hydrogens is 370 g/mol. The molecule has 1 aromatic heterocycles. The molecule has 1 amide bonds. The van der Waals surface area contributed by atoms with Crippen LogP contribution in [0.3, 0.4) is 0 Å². The lowest BCUT2D eigenvalue weighted by Crippen LogP contribution is -2.20. The van der Waals surface area contributed by atoms with Gasteiger partial charge in [-0.3, -0.25) is 4.79 Å². The standard InChI is InChI=1S/C18H16ClN5OS/c1-2-11-26-16-6-4-3-5-15(16)20-17(25)12-24-22-18(21-23-24)13-7-9-14(19)10-8-13/h2-10H,1,11-12H2,(H,20,25). The van der Waals surface area contributed by atoms with Crippen LogP contribution in [0.4, 0.5) is 5.69 Å². The molecular formula is C18H16ClN5OS. The molecule has 0 fully saturated rings. The summed E-state index contributed by atoms with van der Waals surface area (Å²) in [7, 11) is 0. The first-order valence-corrected chi connectivity index (χ1v) is 9.18. The van der Waals surface area contributed by atoms with Crippen LogP contribution >= 0.6 is 23.4 Å². The number of hydrogen-bond acceptors (Lipinski definition) is 5. The van der Waals surface area contributed by atoms with E-state index >= 15 is 0 Å². The van der Waals surface area contributed by atoms with Gasteiger partial charge in [0.25, 0.3) is 0 Å². The Kier molecular flexibility index (Phi) is 6.04. The molecule has 0 aliphatic rings. The Labute approximate surface area is 160 Å². The van der Waals surface area contributed by atoms with Gasteiger partial charge < -0.3 is 5.32 Å².